The number of halogens is 2. The van der Waals surface area contributed by atoms with E-state index in [2.05, 4.69) is 15.3 Å². The molecule has 1 N–H and O–H groups in total. The van der Waals surface area contributed by atoms with Crippen LogP contribution in [0.4, 0.5) is 5.69 Å². The van der Waals surface area contributed by atoms with Gasteiger partial charge in [-0.05, 0) is 36.4 Å². The Morgan fingerprint density at radius 1 is 0.969 bits per heavy atom. The first-order valence-corrected chi connectivity index (χ1v) is 10.5. The van der Waals surface area contributed by atoms with Crippen LogP contribution in [0.25, 0.3) is 10.9 Å². The van der Waals surface area contributed by atoms with E-state index < -0.39 is 5.91 Å². The van der Waals surface area contributed by atoms with Crippen molar-refractivity contribution in [3.05, 3.63) is 93.9 Å². The molecule has 2 heterocycles. The zero-order valence-electron chi connectivity index (χ0n) is 17.1. The fraction of sp³-hybridized carbons (Fsp3) is 0.125. The Morgan fingerprint density at radius 3 is 2.47 bits per heavy atom. The van der Waals surface area contributed by atoms with Gasteiger partial charge >= 0.3 is 0 Å². The molecule has 162 valence electrons. The number of benzene rings is 2. The van der Waals surface area contributed by atoms with Crippen molar-refractivity contribution in [1.82, 2.24) is 9.97 Å². The van der Waals surface area contributed by atoms with Crippen LogP contribution in [-0.4, -0.2) is 23.0 Å². The number of fused-ring (bicyclic) bond motifs is 1. The molecule has 0 saturated carbocycles. The number of para-hydroxylation sites is 1. The molecule has 0 saturated heterocycles. The standard InChI is InChI=1S/C24H19Cl2N3O3/c1-31-13-15-12-28-22-17(23(15)32-14-16-6-2-3-11-27-16)7-4-10-20(22)29-24(30)21-18(25)8-5-9-19(21)26/h2-12H,13-14H2,1H3,(H,29,30). The van der Waals surface area contributed by atoms with Gasteiger partial charge in [-0.15, -0.1) is 0 Å². The predicted octanol–water partition coefficient (Wildman–Crippen LogP) is 5.91. The first kappa shape index (κ1) is 22.0. The van der Waals surface area contributed by atoms with Crippen molar-refractivity contribution in [3.63, 3.8) is 0 Å². The summed E-state index contributed by atoms with van der Waals surface area (Å²) in [6.45, 7) is 0.606. The number of hydrogen-bond acceptors (Lipinski definition) is 5. The van der Waals surface area contributed by atoms with Gasteiger partial charge in [-0.25, -0.2) is 0 Å². The highest BCUT2D eigenvalue weighted by atomic mass is 35.5. The van der Waals surface area contributed by atoms with Crippen molar-refractivity contribution in [2.24, 2.45) is 0 Å². The molecule has 0 atom stereocenters. The van der Waals surface area contributed by atoms with Crippen molar-refractivity contribution >= 4 is 45.7 Å². The Bertz CT molecular complexity index is 1250. The van der Waals surface area contributed by atoms with Crippen molar-refractivity contribution < 1.29 is 14.3 Å². The molecule has 2 aromatic carbocycles. The van der Waals surface area contributed by atoms with Crippen LogP contribution in [-0.2, 0) is 18.0 Å². The summed E-state index contributed by atoms with van der Waals surface area (Å²) in [7, 11) is 1.61. The number of amides is 1. The molecule has 0 aliphatic rings. The van der Waals surface area contributed by atoms with Gasteiger partial charge < -0.3 is 14.8 Å². The monoisotopic (exact) mass is 467 g/mol. The molecule has 1 amide bonds. The molecule has 32 heavy (non-hydrogen) atoms. The number of carbonyl (C=O) groups is 1. The molecule has 2 aromatic heterocycles. The molecule has 0 aliphatic carbocycles. The van der Waals surface area contributed by atoms with Gasteiger partial charge in [0.05, 0.1) is 39.1 Å². The van der Waals surface area contributed by atoms with Gasteiger partial charge in [-0.2, -0.15) is 0 Å². The molecule has 0 spiro atoms. The third-order valence-corrected chi connectivity index (χ3v) is 5.38. The van der Waals surface area contributed by atoms with E-state index in [-0.39, 0.29) is 22.2 Å². The summed E-state index contributed by atoms with van der Waals surface area (Å²) in [6.07, 6.45) is 3.39. The maximum Gasteiger partial charge on any atom is 0.258 e. The van der Waals surface area contributed by atoms with Crippen LogP contribution in [0.15, 0.2) is 67.0 Å². The van der Waals surface area contributed by atoms with Crippen LogP contribution >= 0.6 is 23.2 Å². The number of aromatic nitrogens is 2. The molecular formula is C24H19Cl2N3O3. The molecule has 0 fully saturated rings. The number of pyridine rings is 2. The number of anilines is 1. The highest BCUT2D eigenvalue weighted by molar-refractivity contribution is 6.40. The quantitative estimate of drug-likeness (QED) is 0.365. The van der Waals surface area contributed by atoms with Gasteiger partial charge in [0.1, 0.15) is 12.4 Å². The van der Waals surface area contributed by atoms with Crippen molar-refractivity contribution in [2.75, 3.05) is 12.4 Å². The number of nitrogens with zero attached hydrogens (tertiary/aromatic N) is 2. The second-order valence-electron chi connectivity index (χ2n) is 6.91. The van der Waals surface area contributed by atoms with Crippen LogP contribution in [0.1, 0.15) is 21.6 Å². The van der Waals surface area contributed by atoms with Crippen LogP contribution in [0.3, 0.4) is 0 Å². The first-order chi connectivity index (χ1) is 15.6. The predicted molar refractivity (Wildman–Crippen MR) is 125 cm³/mol. The first-order valence-electron chi connectivity index (χ1n) is 9.76. The third kappa shape index (κ3) is 4.67. The molecule has 4 aromatic rings. The Kier molecular flexibility index (Phi) is 6.85. The Hall–Kier alpha value is -3.19. The van der Waals surface area contributed by atoms with E-state index in [1.165, 1.54) is 0 Å². The second kappa shape index (κ2) is 9.96. The number of nitrogens with one attached hydrogen (secondary N) is 1. The lowest BCUT2D eigenvalue weighted by molar-refractivity contribution is 0.102. The Morgan fingerprint density at radius 2 is 1.75 bits per heavy atom. The minimum atomic E-state index is -0.424. The van der Waals surface area contributed by atoms with Gasteiger partial charge in [0.25, 0.3) is 5.91 Å². The summed E-state index contributed by atoms with van der Waals surface area (Å²) in [5.74, 6) is 0.196. The molecular weight excluding hydrogens is 449 g/mol. The van der Waals surface area contributed by atoms with Crippen molar-refractivity contribution in [3.8, 4) is 5.75 Å². The lowest BCUT2D eigenvalue weighted by Crippen LogP contribution is -2.14. The van der Waals surface area contributed by atoms with Crippen LogP contribution in [0.2, 0.25) is 10.0 Å². The zero-order chi connectivity index (χ0) is 22.5. The molecule has 6 nitrogen and oxygen atoms in total. The van der Waals surface area contributed by atoms with Gasteiger partial charge in [0.15, 0.2) is 0 Å². The average Bonchev–Trinajstić information content (AvgIpc) is 2.79. The topological polar surface area (TPSA) is 73.3 Å². The lowest BCUT2D eigenvalue weighted by Gasteiger charge is -2.16. The molecule has 0 unspecified atom stereocenters. The minimum absolute atomic E-state index is 0.204. The Labute approximate surface area is 195 Å². The highest BCUT2D eigenvalue weighted by Crippen LogP contribution is 2.34. The van der Waals surface area contributed by atoms with E-state index in [4.69, 9.17) is 32.7 Å². The van der Waals surface area contributed by atoms with Crippen molar-refractivity contribution in [2.45, 2.75) is 13.2 Å². The van der Waals surface area contributed by atoms with E-state index in [1.54, 1.807) is 43.8 Å². The summed E-state index contributed by atoms with van der Waals surface area (Å²) < 4.78 is 11.4. The smallest absolute Gasteiger partial charge is 0.258 e. The number of ether oxygens (including phenoxy) is 2. The summed E-state index contributed by atoms with van der Waals surface area (Å²) in [5.41, 5.74) is 2.86. The Balaban J connectivity index is 1.71. The van der Waals surface area contributed by atoms with E-state index in [9.17, 15) is 4.79 Å². The number of hydrogen-bond donors (Lipinski definition) is 1. The van der Waals surface area contributed by atoms with E-state index in [0.29, 0.717) is 23.6 Å². The molecule has 4 rings (SSSR count). The van der Waals surface area contributed by atoms with E-state index in [0.717, 1.165) is 16.6 Å². The van der Waals surface area contributed by atoms with E-state index >= 15 is 0 Å². The number of carbonyl (C=O) groups excluding carboxylic acids is 1. The third-order valence-electron chi connectivity index (χ3n) is 4.75. The van der Waals surface area contributed by atoms with Crippen LogP contribution in [0, 0.1) is 0 Å². The molecule has 0 radical (unpaired) electrons. The number of rotatable bonds is 7. The van der Waals surface area contributed by atoms with E-state index in [1.807, 2.05) is 30.3 Å². The maximum atomic E-state index is 12.9. The minimum Gasteiger partial charge on any atom is -0.486 e. The van der Waals surface area contributed by atoms with Gasteiger partial charge in [-0.1, -0.05) is 41.4 Å². The maximum absolute atomic E-state index is 12.9. The molecule has 0 bridgehead atoms. The summed E-state index contributed by atoms with van der Waals surface area (Å²) in [6, 6.07) is 16.0. The fourth-order valence-corrected chi connectivity index (χ4v) is 3.87. The van der Waals surface area contributed by atoms with Crippen LogP contribution in [0.5, 0.6) is 5.75 Å². The highest BCUT2D eigenvalue weighted by Gasteiger charge is 2.18. The summed E-state index contributed by atoms with van der Waals surface area (Å²) >= 11 is 12.4. The SMILES string of the molecule is COCc1cnc2c(NC(=O)c3c(Cl)cccc3Cl)cccc2c1OCc1ccccn1. The molecule has 0 aliphatic heterocycles. The second-order valence-corrected chi connectivity index (χ2v) is 7.72. The summed E-state index contributed by atoms with van der Waals surface area (Å²) in [4.78, 5) is 21.8. The van der Waals surface area contributed by atoms with Gasteiger partial charge in [-0.3, -0.25) is 14.8 Å². The van der Waals surface area contributed by atoms with Crippen LogP contribution < -0.4 is 10.1 Å². The largest absolute Gasteiger partial charge is 0.486 e. The summed E-state index contributed by atoms with van der Waals surface area (Å²) in [5, 5.41) is 4.14. The normalized spacial score (nSPS) is 10.8. The lowest BCUT2D eigenvalue weighted by atomic mass is 10.1. The van der Waals surface area contributed by atoms with Gasteiger partial charge in [0.2, 0.25) is 0 Å². The van der Waals surface area contributed by atoms with Crippen molar-refractivity contribution in [1.29, 1.82) is 0 Å². The zero-order valence-corrected chi connectivity index (χ0v) is 18.7. The average molecular weight is 468 g/mol. The number of methoxy groups -OCH3 is 1. The van der Waals surface area contributed by atoms with Gasteiger partial charge in [0, 0.05) is 30.5 Å². The molecule has 8 heteroatoms. The fourth-order valence-electron chi connectivity index (χ4n) is 3.30.